The molecular weight excluding hydrogens is 272 g/mol. The zero-order valence-electron chi connectivity index (χ0n) is 10.9. The molecule has 21 heavy (non-hydrogen) atoms. The smallest absolute Gasteiger partial charge is 0.259 e. The lowest BCUT2D eigenvalue weighted by Crippen LogP contribution is -2.39. The third-order valence-electron chi connectivity index (χ3n) is 3.89. The number of aryl methyl sites for hydroxylation is 1. The Kier molecular flexibility index (Phi) is 1.99. The molecule has 0 saturated carbocycles. The van der Waals surface area contributed by atoms with Crippen LogP contribution in [0.3, 0.4) is 0 Å². The second kappa shape index (κ2) is 3.54. The van der Waals surface area contributed by atoms with Crippen LogP contribution in [0.5, 0.6) is 0 Å². The van der Waals surface area contributed by atoms with E-state index in [1.165, 1.54) is 12.1 Å². The number of rotatable bonds is 0. The molecule has 4 amide bonds. The quantitative estimate of drug-likeness (QED) is 0.702. The first-order valence-corrected chi connectivity index (χ1v) is 6.30. The number of hydrogen-bond donors (Lipinski definition) is 2. The van der Waals surface area contributed by atoms with Crippen molar-refractivity contribution in [2.24, 2.45) is 0 Å². The van der Waals surface area contributed by atoms with Gasteiger partial charge in [0.1, 0.15) is 0 Å². The van der Waals surface area contributed by atoms with Gasteiger partial charge in [0.15, 0.2) is 0 Å². The maximum absolute atomic E-state index is 12.1. The number of imide groups is 2. The van der Waals surface area contributed by atoms with Crippen molar-refractivity contribution in [2.75, 3.05) is 0 Å². The normalized spacial score (nSPS) is 16.0. The highest BCUT2D eigenvalue weighted by Crippen LogP contribution is 2.35. The van der Waals surface area contributed by atoms with Crippen LogP contribution in [0.15, 0.2) is 18.2 Å². The van der Waals surface area contributed by atoms with Gasteiger partial charge in [-0.3, -0.25) is 29.8 Å². The van der Waals surface area contributed by atoms with Gasteiger partial charge < -0.3 is 0 Å². The molecule has 0 unspecified atom stereocenters. The molecule has 0 saturated heterocycles. The Morgan fingerprint density at radius 1 is 0.714 bits per heavy atom. The van der Waals surface area contributed by atoms with Gasteiger partial charge in [-0.25, -0.2) is 0 Å². The molecule has 0 radical (unpaired) electrons. The molecule has 2 N–H and O–H groups in total. The minimum Gasteiger partial charge on any atom is -0.288 e. The Hall–Kier alpha value is -3.02. The van der Waals surface area contributed by atoms with E-state index in [1.807, 2.05) is 0 Å². The number of carbonyl (C=O) groups excluding carboxylic acids is 4. The predicted molar refractivity (Wildman–Crippen MR) is 72.3 cm³/mol. The van der Waals surface area contributed by atoms with Crippen LogP contribution in [-0.2, 0) is 0 Å². The average Bonchev–Trinajstić information content (AvgIpc) is 2.42. The number of amides is 4. The highest BCUT2D eigenvalue weighted by molar-refractivity contribution is 6.33. The van der Waals surface area contributed by atoms with Crippen molar-refractivity contribution in [3.63, 3.8) is 0 Å². The fourth-order valence-electron chi connectivity index (χ4n) is 3.02. The lowest BCUT2D eigenvalue weighted by atomic mass is 9.85. The zero-order chi connectivity index (χ0) is 14.9. The number of carbonyl (C=O) groups is 4. The summed E-state index contributed by atoms with van der Waals surface area (Å²) in [6, 6.07) is 4.57. The van der Waals surface area contributed by atoms with Crippen molar-refractivity contribution >= 4 is 34.4 Å². The van der Waals surface area contributed by atoms with E-state index in [2.05, 4.69) is 10.6 Å². The molecule has 2 aliphatic heterocycles. The van der Waals surface area contributed by atoms with Gasteiger partial charge in [-0.15, -0.1) is 0 Å². The SMILES string of the molecule is Cc1cc2c3c(ccc4c3c1C(=O)NC4=O)C(=O)NC2=O. The molecule has 2 aliphatic rings. The Labute approximate surface area is 118 Å². The fourth-order valence-corrected chi connectivity index (χ4v) is 3.02. The lowest BCUT2D eigenvalue weighted by Gasteiger charge is -2.24. The van der Waals surface area contributed by atoms with Crippen LogP contribution >= 0.6 is 0 Å². The van der Waals surface area contributed by atoms with E-state index in [0.717, 1.165) is 0 Å². The van der Waals surface area contributed by atoms with E-state index < -0.39 is 23.6 Å². The molecule has 6 nitrogen and oxygen atoms in total. The first kappa shape index (κ1) is 11.8. The van der Waals surface area contributed by atoms with Crippen molar-refractivity contribution < 1.29 is 19.2 Å². The van der Waals surface area contributed by atoms with Gasteiger partial charge in [-0.2, -0.15) is 0 Å². The van der Waals surface area contributed by atoms with Crippen LogP contribution in [0.2, 0.25) is 0 Å². The molecule has 0 bridgehead atoms. The fraction of sp³-hybridized carbons (Fsp3) is 0.0667. The van der Waals surface area contributed by atoms with Crippen LogP contribution in [0, 0.1) is 6.92 Å². The molecule has 6 heteroatoms. The van der Waals surface area contributed by atoms with Crippen molar-refractivity contribution in [3.8, 4) is 0 Å². The van der Waals surface area contributed by atoms with Gasteiger partial charge in [0.2, 0.25) is 0 Å². The minimum absolute atomic E-state index is 0.298. The highest BCUT2D eigenvalue weighted by atomic mass is 16.2. The van der Waals surface area contributed by atoms with E-state index in [0.29, 0.717) is 38.6 Å². The monoisotopic (exact) mass is 280 g/mol. The summed E-state index contributed by atoms with van der Waals surface area (Å²) in [5.41, 5.74) is 1.84. The molecule has 4 rings (SSSR count). The molecule has 0 spiro atoms. The average molecular weight is 280 g/mol. The van der Waals surface area contributed by atoms with Crippen molar-refractivity contribution in [1.29, 1.82) is 0 Å². The summed E-state index contributed by atoms with van der Waals surface area (Å²) >= 11 is 0. The summed E-state index contributed by atoms with van der Waals surface area (Å²) in [6.07, 6.45) is 0. The number of nitrogens with one attached hydrogen (secondary N) is 2. The van der Waals surface area contributed by atoms with E-state index in [1.54, 1.807) is 13.0 Å². The molecule has 2 aromatic carbocycles. The largest absolute Gasteiger partial charge is 0.288 e. The summed E-state index contributed by atoms with van der Waals surface area (Å²) in [6.45, 7) is 1.70. The van der Waals surface area contributed by atoms with Gasteiger partial charge in [-0.05, 0) is 30.7 Å². The highest BCUT2D eigenvalue weighted by Gasteiger charge is 2.33. The molecular formula is C15H8N2O4. The van der Waals surface area contributed by atoms with Crippen molar-refractivity contribution in [3.05, 3.63) is 46.0 Å². The van der Waals surface area contributed by atoms with Crippen LogP contribution in [0.25, 0.3) is 10.8 Å². The van der Waals surface area contributed by atoms with E-state index >= 15 is 0 Å². The summed E-state index contributed by atoms with van der Waals surface area (Å²) < 4.78 is 0. The maximum Gasteiger partial charge on any atom is 0.259 e. The Balaban J connectivity index is 2.33. The molecule has 102 valence electrons. The van der Waals surface area contributed by atoms with Gasteiger partial charge in [-0.1, -0.05) is 0 Å². The second-order valence-corrected chi connectivity index (χ2v) is 5.09. The van der Waals surface area contributed by atoms with E-state index in [-0.39, 0.29) is 0 Å². The first-order valence-electron chi connectivity index (χ1n) is 6.30. The van der Waals surface area contributed by atoms with Crippen LogP contribution in [0.4, 0.5) is 0 Å². The van der Waals surface area contributed by atoms with Crippen LogP contribution in [0.1, 0.15) is 47.0 Å². The molecule has 0 fully saturated rings. The number of hydrogen-bond acceptors (Lipinski definition) is 4. The molecule has 0 aliphatic carbocycles. The third-order valence-corrected chi connectivity index (χ3v) is 3.89. The second-order valence-electron chi connectivity index (χ2n) is 5.09. The maximum atomic E-state index is 12.1. The lowest BCUT2D eigenvalue weighted by molar-refractivity contribution is 0.0823. The molecule has 0 atom stereocenters. The zero-order valence-corrected chi connectivity index (χ0v) is 10.9. The van der Waals surface area contributed by atoms with Gasteiger partial charge >= 0.3 is 0 Å². The van der Waals surface area contributed by atoms with Gasteiger partial charge in [0.25, 0.3) is 23.6 Å². The summed E-state index contributed by atoms with van der Waals surface area (Å²) in [7, 11) is 0. The summed E-state index contributed by atoms with van der Waals surface area (Å²) in [5.74, 6) is -2.06. The van der Waals surface area contributed by atoms with E-state index in [4.69, 9.17) is 0 Å². The van der Waals surface area contributed by atoms with Crippen LogP contribution in [-0.4, -0.2) is 23.6 Å². The van der Waals surface area contributed by atoms with Crippen molar-refractivity contribution in [2.45, 2.75) is 6.92 Å². The Bertz CT molecular complexity index is 927. The molecule has 2 heterocycles. The topological polar surface area (TPSA) is 92.3 Å². The molecule has 0 aromatic heterocycles. The van der Waals surface area contributed by atoms with Crippen LogP contribution < -0.4 is 10.6 Å². The Morgan fingerprint density at radius 2 is 1.24 bits per heavy atom. The predicted octanol–water partition coefficient (Wildman–Crippen LogP) is 0.915. The van der Waals surface area contributed by atoms with Gasteiger partial charge in [0.05, 0.1) is 5.56 Å². The summed E-state index contributed by atoms with van der Waals surface area (Å²) in [5, 5.41) is 5.30. The van der Waals surface area contributed by atoms with E-state index in [9.17, 15) is 19.2 Å². The minimum atomic E-state index is -0.521. The van der Waals surface area contributed by atoms with Gasteiger partial charge in [0, 0.05) is 27.5 Å². The number of benzene rings is 2. The standard InChI is InChI=1S/C15H8N2O4/c1-5-4-8-10-6(12(18)16-14(8)20)2-3-7-11(10)9(5)15(21)17-13(7)19/h2-4H,1H3,(H,16,18,20)(H,17,19,21). The summed E-state index contributed by atoms with van der Waals surface area (Å²) in [4.78, 5) is 48.0. The Morgan fingerprint density at radius 3 is 1.90 bits per heavy atom. The molecule has 2 aromatic rings. The van der Waals surface area contributed by atoms with Crippen molar-refractivity contribution in [1.82, 2.24) is 10.6 Å². The third kappa shape index (κ3) is 1.31. The first-order chi connectivity index (χ1) is 9.99.